The second-order valence-corrected chi connectivity index (χ2v) is 4.25. The number of benzene rings is 1. The van der Waals surface area contributed by atoms with Crippen LogP contribution in [0.5, 0.6) is 0 Å². The van der Waals surface area contributed by atoms with Gasteiger partial charge >= 0.3 is 0 Å². The van der Waals surface area contributed by atoms with Crippen molar-refractivity contribution in [3.8, 4) is 0 Å². The Morgan fingerprint density at radius 3 is 2.56 bits per heavy atom. The van der Waals surface area contributed by atoms with Crippen LogP contribution in [0.4, 0.5) is 11.5 Å². The Bertz CT molecular complexity index is 697. The van der Waals surface area contributed by atoms with Gasteiger partial charge in [-0.2, -0.15) is 0 Å². The molecule has 0 spiro atoms. The number of nitrogen functional groups attached to an aromatic ring is 1. The summed E-state index contributed by atoms with van der Waals surface area (Å²) in [6.07, 6.45) is 1.58. The largest absolute Gasteiger partial charge is 0.383 e. The number of nitrogens with two attached hydrogens (primary N) is 1. The highest BCUT2D eigenvalue weighted by molar-refractivity contribution is 7.71. The minimum Gasteiger partial charge on any atom is -0.383 e. The normalized spacial score (nSPS) is 10.9. The molecule has 4 N–H and O–H groups in total. The third-order valence-electron chi connectivity index (χ3n) is 2.37. The molecule has 0 radical (unpaired) electrons. The van der Waals surface area contributed by atoms with Gasteiger partial charge in [0.1, 0.15) is 5.82 Å². The standard InChI is InChI=1S/C12H12N4OS/c1-7-2-4-8(5-3-7)6-14-9-10(13)15-12(18)16-11(9)17/h2-6H,1H3,(H4,13,15,16,17,18). The molecule has 6 heteroatoms. The fourth-order valence-corrected chi connectivity index (χ4v) is 1.62. The Hall–Kier alpha value is -2.21. The van der Waals surface area contributed by atoms with E-state index in [9.17, 15) is 4.79 Å². The molecule has 92 valence electrons. The van der Waals surface area contributed by atoms with Crippen molar-refractivity contribution in [1.82, 2.24) is 9.97 Å². The van der Waals surface area contributed by atoms with Crippen molar-refractivity contribution < 1.29 is 0 Å². The molecule has 1 heterocycles. The zero-order valence-corrected chi connectivity index (χ0v) is 10.5. The molecule has 0 aliphatic heterocycles. The van der Waals surface area contributed by atoms with Gasteiger partial charge < -0.3 is 10.7 Å². The molecule has 1 aromatic heterocycles. The summed E-state index contributed by atoms with van der Waals surface area (Å²) in [6.45, 7) is 2.00. The van der Waals surface area contributed by atoms with E-state index in [1.807, 2.05) is 31.2 Å². The van der Waals surface area contributed by atoms with Crippen molar-refractivity contribution in [1.29, 1.82) is 0 Å². The molecule has 0 aliphatic carbocycles. The number of aliphatic imine (C=N–C) groups is 1. The summed E-state index contributed by atoms with van der Waals surface area (Å²) in [5.74, 6) is 0.159. The van der Waals surface area contributed by atoms with E-state index >= 15 is 0 Å². The summed E-state index contributed by atoms with van der Waals surface area (Å²) in [5.41, 5.74) is 7.43. The number of anilines is 1. The fourth-order valence-electron chi connectivity index (χ4n) is 1.42. The number of hydrogen-bond acceptors (Lipinski definition) is 4. The van der Waals surface area contributed by atoms with Crippen LogP contribution in [0.3, 0.4) is 0 Å². The van der Waals surface area contributed by atoms with Crippen molar-refractivity contribution >= 4 is 29.9 Å². The minimum atomic E-state index is -0.403. The molecule has 18 heavy (non-hydrogen) atoms. The maximum atomic E-state index is 11.6. The SMILES string of the molecule is Cc1ccc(C=Nc2c(N)[nH]c(=S)[nH]c2=O)cc1. The monoisotopic (exact) mass is 260 g/mol. The first-order chi connectivity index (χ1) is 8.56. The predicted molar refractivity (Wildman–Crippen MR) is 75.1 cm³/mol. The molecule has 0 fully saturated rings. The van der Waals surface area contributed by atoms with Crippen molar-refractivity contribution in [2.45, 2.75) is 6.92 Å². The number of aryl methyl sites for hydroxylation is 1. The summed E-state index contributed by atoms with van der Waals surface area (Å²) in [5, 5.41) is 0. The van der Waals surface area contributed by atoms with Gasteiger partial charge in [0.15, 0.2) is 10.5 Å². The lowest BCUT2D eigenvalue weighted by molar-refractivity contribution is 1.09. The van der Waals surface area contributed by atoms with Crippen molar-refractivity contribution in [3.63, 3.8) is 0 Å². The maximum Gasteiger partial charge on any atom is 0.279 e. The lowest BCUT2D eigenvalue weighted by Gasteiger charge is -1.98. The topological polar surface area (TPSA) is 87.0 Å². The van der Waals surface area contributed by atoms with Crippen LogP contribution in [0, 0.1) is 11.7 Å². The lowest BCUT2D eigenvalue weighted by atomic mass is 10.2. The highest BCUT2D eigenvalue weighted by Crippen LogP contribution is 2.12. The van der Waals surface area contributed by atoms with Gasteiger partial charge in [-0.15, -0.1) is 0 Å². The molecule has 0 saturated heterocycles. The van der Waals surface area contributed by atoms with Crippen molar-refractivity contribution in [2.75, 3.05) is 5.73 Å². The fraction of sp³-hybridized carbons (Fsp3) is 0.0833. The minimum absolute atomic E-state index is 0.129. The third-order valence-corrected chi connectivity index (χ3v) is 2.57. The average Bonchev–Trinajstić information content (AvgIpc) is 2.30. The van der Waals surface area contributed by atoms with E-state index in [-0.39, 0.29) is 16.3 Å². The van der Waals surface area contributed by atoms with E-state index in [0.717, 1.165) is 11.1 Å². The smallest absolute Gasteiger partial charge is 0.279 e. The van der Waals surface area contributed by atoms with E-state index in [1.165, 1.54) is 0 Å². The Morgan fingerprint density at radius 2 is 1.94 bits per heavy atom. The zero-order valence-electron chi connectivity index (χ0n) is 9.73. The number of aromatic amines is 2. The van der Waals surface area contributed by atoms with Crippen molar-refractivity contribution in [3.05, 3.63) is 50.5 Å². The average molecular weight is 260 g/mol. The third kappa shape index (κ3) is 2.72. The maximum absolute atomic E-state index is 11.6. The highest BCUT2D eigenvalue weighted by Gasteiger charge is 2.02. The van der Waals surface area contributed by atoms with Gasteiger partial charge in [-0.05, 0) is 24.7 Å². The number of nitrogens with zero attached hydrogens (tertiary/aromatic N) is 1. The highest BCUT2D eigenvalue weighted by atomic mass is 32.1. The van der Waals surface area contributed by atoms with Crippen LogP contribution in [0.2, 0.25) is 0 Å². The Labute approximate surface area is 108 Å². The predicted octanol–water partition coefficient (Wildman–Crippen LogP) is 2.07. The second-order valence-electron chi connectivity index (χ2n) is 3.84. The van der Waals surface area contributed by atoms with Crippen LogP contribution in [-0.2, 0) is 0 Å². The molecule has 0 amide bonds. The second kappa shape index (κ2) is 4.97. The molecule has 2 rings (SSSR count). The first-order valence-corrected chi connectivity index (χ1v) is 5.70. The summed E-state index contributed by atoms with van der Waals surface area (Å²) < 4.78 is 0.187. The summed E-state index contributed by atoms with van der Waals surface area (Å²) in [7, 11) is 0. The van der Waals surface area contributed by atoms with E-state index in [4.69, 9.17) is 18.0 Å². The van der Waals surface area contributed by atoms with Gasteiger partial charge in [0.25, 0.3) is 5.56 Å². The van der Waals surface area contributed by atoms with Gasteiger partial charge in [0.2, 0.25) is 0 Å². The first-order valence-electron chi connectivity index (χ1n) is 5.29. The van der Waals surface area contributed by atoms with Gasteiger partial charge in [-0.1, -0.05) is 29.8 Å². The molecule has 0 atom stereocenters. The summed E-state index contributed by atoms with van der Waals surface area (Å²) in [6, 6.07) is 7.75. The van der Waals surface area contributed by atoms with E-state index in [2.05, 4.69) is 15.0 Å². The van der Waals surface area contributed by atoms with E-state index in [0.29, 0.717) is 0 Å². The number of rotatable bonds is 2. The van der Waals surface area contributed by atoms with Gasteiger partial charge in [-0.25, -0.2) is 4.99 Å². The Balaban J connectivity index is 2.38. The number of H-pyrrole nitrogens is 2. The summed E-state index contributed by atoms with van der Waals surface area (Å²) >= 11 is 4.80. The molecule has 1 aromatic carbocycles. The van der Waals surface area contributed by atoms with Crippen LogP contribution in [0.15, 0.2) is 34.1 Å². The van der Waals surface area contributed by atoms with Crippen LogP contribution >= 0.6 is 12.2 Å². The molecular weight excluding hydrogens is 248 g/mol. The molecule has 0 aliphatic rings. The number of hydrogen-bond donors (Lipinski definition) is 3. The van der Waals surface area contributed by atoms with Gasteiger partial charge in [-0.3, -0.25) is 9.78 Å². The van der Waals surface area contributed by atoms with Crippen LogP contribution in [-0.4, -0.2) is 16.2 Å². The zero-order chi connectivity index (χ0) is 13.1. The summed E-state index contributed by atoms with van der Waals surface area (Å²) in [4.78, 5) is 20.8. The van der Waals surface area contributed by atoms with E-state index in [1.54, 1.807) is 6.21 Å². The quantitative estimate of drug-likeness (QED) is 0.570. The van der Waals surface area contributed by atoms with Crippen LogP contribution in [0.25, 0.3) is 0 Å². The molecule has 0 bridgehead atoms. The lowest BCUT2D eigenvalue weighted by Crippen LogP contribution is -2.10. The van der Waals surface area contributed by atoms with Crippen LogP contribution in [0.1, 0.15) is 11.1 Å². The number of nitrogens with one attached hydrogen (secondary N) is 2. The Morgan fingerprint density at radius 1 is 1.28 bits per heavy atom. The molecule has 5 nitrogen and oxygen atoms in total. The van der Waals surface area contributed by atoms with Gasteiger partial charge in [0.05, 0.1) is 0 Å². The van der Waals surface area contributed by atoms with Gasteiger partial charge in [0, 0.05) is 6.21 Å². The number of aromatic nitrogens is 2. The molecular formula is C12H12N4OS. The van der Waals surface area contributed by atoms with Crippen LogP contribution < -0.4 is 11.3 Å². The first kappa shape index (κ1) is 12.3. The molecule has 0 saturated carbocycles. The Kier molecular flexibility index (Phi) is 3.38. The molecule has 0 unspecified atom stereocenters. The molecule has 2 aromatic rings. The van der Waals surface area contributed by atoms with E-state index < -0.39 is 5.56 Å². The van der Waals surface area contributed by atoms with Crippen molar-refractivity contribution in [2.24, 2.45) is 4.99 Å².